The molecule has 2 fully saturated rings. The van der Waals surface area contributed by atoms with E-state index in [0.29, 0.717) is 17.5 Å². The van der Waals surface area contributed by atoms with Crippen LogP contribution in [0, 0.1) is 5.92 Å². The van der Waals surface area contributed by atoms with Crippen molar-refractivity contribution in [2.24, 2.45) is 5.92 Å². The molecule has 0 aromatic carbocycles. The van der Waals surface area contributed by atoms with E-state index in [2.05, 4.69) is 20.4 Å². The summed E-state index contributed by atoms with van der Waals surface area (Å²) >= 11 is 0. The van der Waals surface area contributed by atoms with Crippen LogP contribution in [0.1, 0.15) is 31.6 Å². The molecule has 2 aliphatic rings. The Labute approximate surface area is 129 Å². The van der Waals surface area contributed by atoms with Crippen LogP contribution >= 0.6 is 0 Å². The van der Waals surface area contributed by atoms with E-state index >= 15 is 0 Å². The van der Waals surface area contributed by atoms with E-state index < -0.39 is 0 Å². The largest absolute Gasteiger partial charge is 0.461 e. The van der Waals surface area contributed by atoms with Crippen molar-refractivity contribution >= 4 is 0 Å². The molecule has 0 saturated carbocycles. The molecule has 22 heavy (non-hydrogen) atoms. The summed E-state index contributed by atoms with van der Waals surface area (Å²) in [5.41, 5.74) is 0. The molecule has 2 aromatic rings. The number of hydrogen-bond acceptors (Lipinski definition) is 6. The summed E-state index contributed by atoms with van der Waals surface area (Å²) in [5, 5.41) is 7.63. The van der Waals surface area contributed by atoms with Crippen molar-refractivity contribution in [3.8, 4) is 11.6 Å². The zero-order valence-electron chi connectivity index (χ0n) is 12.7. The second-order valence-electron chi connectivity index (χ2n) is 6.31. The maximum atomic E-state index is 5.34. The van der Waals surface area contributed by atoms with Crippen LogP contribution in [0.25, 0.3) is 11.6 Å². The Bertz CT molecular complexity index is 581. The fraction of sp³-hybridized carbons (Fsp3) is 0.625. The summed E-state index contributed by atoms with van der Waals surface area (Å²) in [6.07, 6.45) is 6.82. The molecule has 1 unspecified atom stereocenters. The molecular formula is C16H22N4O2. The van der Waals surface area contributed by atoms with Gasteiger partial charge >= 0.3 is 0 Å². The van der Waals surface area contributed by atoms with Gasteiger partial charge in [-0.3, -0.25) is 4.90 Å². The van der Waals surface area contributed by atoms with Gasteiger partial charge in [-0.1, -0.05) is 5.16 Å². The van der Waals surface area contributed by atoms with Crippen LogP contribution in [0.3, 0.4) is 0 Å². The molecule has 2 saturated heterocycles. The first-order valence-corrected chi connectivity index (χ1v) is 8.21. The van der Waals surface area contributed by atoms with Gasteiger partial charge in [0, 0.05) is 6.04 Å². The minimum absolute atomic E-state index is 0.532. The lowest BCUT2D eigenvalue weighted by molar-refractivity contribution is 0.143. The molecule has 4 heterocycles. The number of aromatic nitrogens is 2. The maximum absolute atomic E-state index is 5.34. The fourth-order valence-electron chi connectivity index (χ4n) is 3.64. The highest BCUT2D eigenvalue weighted by Crippen LogP contribution is 2.26. The molecule has 0 aliphatic carbocycles. The molecule has 2 aromatic heterocycles. The van der Waals surface area contributed by atoms with Gasteiger partial charge < -0.3 is 14.3 Å². The number of nitrogens with one attached hydrogen (secondary N) is 1. The molecule has 4 rings (SSSR count). The number of piperidine rings is 1. The summed E-state index contributed by atoms with van der Waals surface area (Å²) in [6, 6.07) is 4.41. The molecular weight excluding hydrogens is 280 g/mol. The van der Waals surface area contributed by atoms with E-state index in [-0.39, 0.29) is 0 Å². The van der Waals surface area contributed by atoms with Crippen molar-refractivity contribution < 1.29 is 8.94 Å². The summed E-state index contributed by atoms with van der Waals surface area (Å²) < 4.78 is 10.6. The van der Waals surface area contributed by atoms with Gasteiger partial charge in [0.2, 0.25) is 11.7 Å². The molecule has 0 radical (unpaired) electrons. The quantitative estimate of drug-likeness (QED) is 0.934. The Morgan fingerprint density at radius 1 is 1.27 bits per heavy atom. The SMILES string of the molecule is c1coc(-c2noc(CN3CCC(C4CCCN4)CC3)n2)c1. The van der Waals surface area contributed by atoms with E-state index in [1.807, 2.05) is 12.1 Å². The highest BCUT2D eigenvalue weighted by atomic mass is 16.5. The van der Waals surface area contributed by atoms with Crippen molar-refractivity contribution in [3.05, 3.63) is 24.3 Å². The fourth-order valence-corrected chi connectivity index (χ4v) is 3.64. The zero-order chi connectivity index (χ0) is 14.8. The van der Waals surface area contributed by atoms with Crippen LogP contribution in [0.15, 0.2) is 27.3 Å². The lowest BCUT2D eigenvalue weighted by atomic mass is 9.88. The summed E-state index contributed by atoms with van der Waals surface area (Å²) in [5.74, 6) is 2.69. The van der Waals surface area contributed by atoms with E-state index in [9.17, 15) is 0 Å². The molecule has 0 bridgehead atoms. The second kappa shape index (κ2) is 6.22. The van der Waals surface area contributed by atoms with Gasteiger partial charge in [0.05, 0.1) is 12.8 Å². The summed E-state index contributed by atoms with van der Waals surface area (Å²) in [4.78, 5) is 6.83. The van der Waals surface area contributed by atoms with Crippen LogP contribution in [-0.2, 0) is 6.54 Å². The first-order chi connectivity index (χ1) is 10.9. The van der Waals surface area contributed by atoms with E-state index in [4.69, 9.17) is 8.94 Å². The highest BCUT2D eigenvalue weighted by molar-refractivity contribution is 5.44. The topological polar surface area (TPSA) is 67.3 Å². The van der Waals surface area contributed by atoms with E-state index in [1.165, 1.54) is 32.2 Å². The van der Waals surface area contributed by atoms with Crippen LogP contribution < -0.4 is 5.32 Å². The average Bonchev–Trinajstić information content (AvgIpc) is 3.30. The zero-order valence-corrected chi connectivity index (χ0v) is 12.7. The Balaban J connectivity index is 1.31. The Hall–Kier alpha value is -1.66. The Kier molecular flexibility index (Phi) is 3.95. The minimum Gasteiger partial charge on any atom is -0.461 e. The van der Waals surface area contributed by atoms with E-state index in [1.54, 1.807) is 6.26 Å². The lowest BCUT2D eigenvalue weighted by Gasteiger charge is -2.34. The van der Waals surface area contributed by atoms with Crippen molar-refractivity contribution in [2.75, 3.05) is 19.6 Å². The first kappa shape index (κ1) is 14.0. The number of hydrogen-bond donors (Lipinski definition) is 1. The normalized spacial score (nSPS) is 24.1. The van der Waals surface area contributed by atoms with Gasteiger partial charge in [-0.15, -0.1) is 0 Å². The van der Waals surface area contributed by atoms with Crippen molar-refractivity contribution in [1.82, 2.24) is 20.4 Å². The first-order valence-electron chi connectivity index (χ1n) is 8.21. The van der Waals surface area contributed by atoms with Gasteiger partial charge in [-0.25, -0.2) is 0 Å². The summed E-state index contributed by atoms with van der Waals surface area (Å²) in [7, 11) is 0. The molecule has 2 aliphatic heterocycles. The van der Waals surface area contributed by atoms with Crippen LogP contribution in [0.5, 0.6) is 0 Å². The Morgan fingerprint density at radius 2 is 2.18 bits per heavy atom. The van der Waals surface area contributed by atoms with Gasteiger partial charge in [0.25, 0.3) is 0 Å². The molecule has 118 valence electrons. The van der Waals surface area contributed by atoms with Crippen LogP contribution in [0.4, 0.5) is 0 Å². The third kappa shape index (κ3) is 2.94. The maximum Gasteiger partial charge on any atom is 0.241 e. The molecule has 0 amide bonds. The molecule has 0 spiro atoms. The van der Waals surface area contributed by atoms with Crippen molar-refractivity contribution in [2.45, 2.75) is 38.3 Å². The van der Waals surface area contributed by atoms with Crippen LogP contribution in [-0.4, -0.2) is 40.7 Å². The van der Waals surface area contributed by atoms with Gasteiger partial charge in [-0.2, -0.15) is 4.98 Å². The number of nitrogens with zero attached hydrogens (tertiary/aromatic N) is 3. The van der Waals surface area contributed by atoms with Gasteiger partial charge in [0.15, 0.2) is 5.76 Å². The molecule has 1 atom stereocenters. The number of rotatable bonds is 4. The highest BCUT2D eigenvalue weighted by Gasteiger charge is 2.28. The van der Waals surface area contributed by atoms with Gasteiger partial charge in [-0.05, 0) is 63.4 Å². The number of likely N-dealkylation sites (tertiary alicyclic amines) is 1. The lowest BCUT2D eigenvalue weighted by Crippen LogP contribution is -2.40. The van der Waals surface area contributed by atoms with E-state index in [0.717, 1.165) is 31.6 Å². The monoisotopic (exact) mass is 302 g/mol. The average molecular weight is 302 g/mol. The summed E-state index contributed by atoms with van der Waals surface area (Å²) in [6.45, 7) is 4.16. The Morgan fingerprint density at radius 3 is 2.91 bits per heavy atom. The van der Waals surface area contributed by atoms with Gasteiger partial charge in [0.1, 0.15) is 0 Å². The standard InChI is InChI=1S/C16H22N4O2/c1-3-13(17-7-1)12-5-8-20(9-6-12)11-15-18-16(19-22-15)14-4-2-10-21-14/h2,4,10,12-13,17H,1,3,5-9,11H2. The molecule has 1 N–H and O–H groups in total. The minimum atomic E-state index is 0.532. The number of furan rings is 1. The van der Waals surface area contributed by atoms with Crippen molar-refractivity contribution in [1.29, 1.82) is 0 Å². The molecule has 6 heteroatoms. The molecule has 6 nitrogen and oxygen atoms in total. The second-order valence-corrected chi connectivity index (χ2v) is 6.31. The smallest absolute Gasteiger partial charge is 0.241 e. The van der Waals surface area contributed by atoms with Crippen LogP contribution in [0.2, 0.25) is 0 Å². The van der Waals surface area contributed by atoms with Crippen molar-refractivity contribution in [3.63, 3.8) is 0 Å². The third-order valence-corrected chi connectivity index (χ3v) is 4.87. The third-order valence-electron chi connectivity index (χ3n) is 4.87. The predicted molar refractivity (Wildman–Crippen MR) is 81.0 cm³/mol. The predicted octanol–water partition coefficient (Wildman–Crippen LogP) is 2.29.